The molecule has 318 valence electrons. The second-order valence-corrected chi connectivity index (χ2v) is 20.7. The van der Waals surface area contributed by atoms with E-state index in [1.807, 2.05) is 31.0 Å². The molecule has 3 aliphatic heterocycles. The van der Waals surface area contributed by atoms with Crippen LogP contribution >= 0.6 is 11.6 Å². The highest BCUT2D eigenvalue weighted by Gasteiger charge is 2.51. The molecule has 1 atom stereocenters. The molecule has 9 rings (SSSR count). The third-order valence-electron chi connectivity index (χ3n) is 14.3. The van der Waals surface area contributed by atoms with Gasteiger partial charge in [-0.3, -0.25) is 24.3 Å². The summed E-state index contributed by atoms with van der Waals surface area (Å²) in [6.45, 7) is 6.98. The second kappa shape index (κ2) is 16.4. The van der Waals surface area contributed by atoms with Crippen molar-refractivity contribution in [2.45, 2.75) is 106 Å². The summed E-state index contributed by atoms with van der Waals surface area (Å²) >= 11 is 6.31. The summed E-state index contributed by atoms with van der Waals surface area (Å²) in [7, 11) is -1.56. The van der Waals surface area contributed by atoms with Crippen molar-refractivity contribution in [3.05, 3.63) is 75.7 Å². The predicted octanol–water partition coefficient (Wildman–Crippen LogP) is 6.79. The van der Waals surface area contributed by atoms with E-state index in [0.717, 1.165) is 114 Å². The quantitative estimate of drug-likeness (QED) is 0.163. The molecule has 13 nitrogen and oxygen atoms in total. The van der Waals surface area contributed by atoms with E-state index in [-0.39, 0.29) is 45.1 Å². The van der Waals surface area contributed by atoms with E-state index in [1.165, 1.54) is 0 Å². The molecule has 2 aromatic heterocycles. The first-order valence-corrected chi connectivity index (χ1v) is 23.6. The van der Waals surface area contributed by atoms with Crippen molar-refractivity contribution in [1.29, 1.82) is 0 Å². The fraction of sp³-hybridized carbons (Fsp3) is 0.533. The van der Waals surface area contributed by atoms with Crippen molar-refractivity contribution < 1.29 is 18.0 Å². The molecular formula is C45H55ClN8O5S. The number of piperidine rings is 3. The molecule has 0 bridgehead atoms. The van der Waals surface area contributed by atoms with Crippen molar-refractivity contribution in [2.24, 2.45) is 11.3 Å². The summed E-state index contributed by atoms with van der Waals surface area (Å²) in [4.78, 5) is 53.8. The van der Waals surface area contributed by atoms with Crippen LogP contribution in [0.1, 0.15) is 88.7 Å². The lowest BCUT2D eigenvalue weighted by Crippen LogP contribution is -2.52. The number of imide groups is 1. The van der Waals surface area contributed by atoms with Gasteiger partial charge in [-0.2, -0.15) is 4.98 Å². The summed E-state index contributed by atoms with van der Waals surface area (Å²) in [5, 5.41) is 6.24. The molecule has 1 unspecified atom stereocenters. The Morgan fingerprint density at radius 2 is 1.70 bits per heavy atom. The Morgan fingerprint density at radius 1 is 0.950 bits per heavy atom. The number of benzene rings is 2. The maximum absolute atomic E-state index is 13.9. The number of nitrogens with one attached hydrogen (secondary N) is 2. The monoisotopic (exact) mass is 854 g/mol. The predicted molar refractivity (Wildman–Crippen MR) is 235 cm³/mol. The van der Waals surface area contributed by atoms with E-state index in [9.17, 15) is 22.8 Å². The molecule has 0 radical (unpaired) electrons. The van der Waals surface area contributed by atoms with Crippen molar-refractivity contribution >= 4 is 67.3 Å². The number of pyridine rings is 1. The normalized spacial score (nSPS) is 22.0. The Balaban J connectivity index is 0.757. The first-order chi connectivity index (χ1) is 28.9. The number of anilines is 4. The Bertz CT molecular complexity index is 2470. The number of carbonyl (C=O) groups is 2. The van der Waals surface area contributed by atoms with Gasteiger partial charge in [-0.1, -0.05) is 30.5 Å². The average Bonchev–Trinajstić information content (AvgIpc) is 3.76. The zero-order chi connectivity index (χ0) is 41.8. The van der Waals surface area contributed by atoms with Crippen molar-refractivity contribution in [1.82, 2.24) is 24.8 Å². The zero-order valence-corrected chi connectivity index (χ0v) is 36.1. The van der Waals surface area contributed by atoms with Crippen molar-refractivity contribution in [3.63, 3.8) is 0 Å². The molecule has 1 spiro atoms. The topological polar surface area (TPSA) is 150 Å². The number of fused-ring (bicyclic) bond motifs is 1. The van der Waals surface area contributed by atoms with Gasteiger partial charge < -0.3 is 20.0 Å². The van der Waals surface area contributed by atoms with Crippen LogP contribution in [0.15, 0.2) is 64.4 Å². The van der Waals surface area contributed by atoms with Crippen molar-refractivity contribution in [3.8, 4) is 0 Å². The minimum atomic E-state index is -3.49. The second-order valence-electron chi connectivity index (χ2n) is 18.1. The molecule has 60 heavy (non-hydrogen) atoms. The first-order valence-electron chi connectivity index (χ1n) is 21.7. The number of likely N-dealkylation sites (N-methyl/N-ethyl adjacent to an activating group) is 1. The first kappa shape index (κ1) is 40.9. The molecule has 2 aliphatic carbocycles. The number of hydrogen-bond donors (Lipinski definition) is 2. The minimum Gasteiger partial charge on any atom is -0.371 e. The van der Waals surface area contributed by atoms with E-state index >= 15 is 0 Å². The van der Waals surface area contributed by atoms with Crippen LogP contribution in [0.5, 0.6) is 0 Å². The molecule has 5 fully saturated rings. The number of hydrogen-bond acceptors (Lipinski definition) is 11. The van der Waals surface area contributed by atoms with Crippen molar-refractivity contribution in [2.75, 3.05) is 54.9 Å². The maximum atomic E-state index is 13.9. The molecule has 2 amide bonds. The number of likely N-dealkylation sites (tertiary alicyclic amines) is 1. The van der Waals surface area contributed by atoms with Gasteiger partial charge in [0.2, 0.25) is 17.8 Å². The molecular weight excluding hydrogens is 800 g/mol. The van der Waals surface area contributed by atoms with Crippen LogP contribution in [0, 0.1) is 18.3 Å². The number of aryl methyl sites for hydroxylation is 1. The lowest BCUT2D eigenvalue weighted by atomic mass is 9.63. The summed E-state index contributed by atoms with van der Waals surface area (Å²) in [5.41, 5.74) is 4.06. The van der Waals surface area contributed by atoms with E-state index in [2.05, 4.69) is 37.6 Å². The number of rotatable bonds is 10. The van der Waals surface area contributed by atoms with Gasteiger partial charge in [0, 0.05) is 67.8 Å². The van der Waals surface area contributed by atoms with Crippen LogP contribution in [-0.4, -0.2) is 90.7 Å². The Kier molecular flexibility index (Phi) is 11.2. The number of amides is 2. The fourth-order valence-electron chi connectivity index (χ4n) is 10.5. The molecule has 3 saturated heterocycles. The van der Waals surface area contributed by atoms with Crippen LogP contribution in [0.4, 0.5) is 23.0 Å². The third kappa shape index (κ3) is 8.02. The molecule has 2 aromatic carbocycles. The smallest absolute Gasteiger partial charge is 0.271 e. The van der Waals surface area contributed by atoms with Gasteiger partial charge in [-0.05, 0) is 137 Å². The van der Waals surface area contributed by atoms with Gasteiger partial charge in [-0.25, -0.2) is 13.4 Å². The summed E-state index contributed by atoms with van der Waals surface area (Å²) in [5.74, 6) is 0.540. The number of halogens is 1. The molecule has 5 heterocycles. The van der Waals surface area contributed by atoms with Crippen LogP contribution < -0.4 is 26.0 Å². The highest BCUT2D eigenvalue weighted by Crippen LogP contribution is 2.53. The fourth-order valence-corrected chi connectivity index (χ4v) is 12.9. The SMILES string of the molecule is Cc1cc(S(=O)(=O)C2CC3(CCN(CC4CCN(c5cccc(N(C)C6CCC(=O)NC6=O)c5)CC4)CC3)C2)ccc1Nc1ncc2cc(Cl)c(=O)n(C3CCCC3)c2n1. The van der Waals surface area contributed by atoms with Crippen LogP contribution in [0.25, 0.3) is 11.0 Å². The summed E-state index contributed by atoms with van der Waals surface area (Å²) in [6.07, 6.45) is 12.3. The van der Waals surface area contributed by atoms with Crippen LogP contribution in [-0.2, 0) is 19.4 Å². The standard InChI is InChI=1S/C45H55ClN8O5S/c1-29-22-35(10-11-38(29)48-44-47-27-31-23-37(46)43(57)54(41(31)50-44)32-6-3-4-7-32)60(58,59)36-25-45(26-36)16-20-52(21-17-45)28-30-14-18-53(19-15-30)34-9-5-8-33(24-34)51(2)39-12-13-40(55)49-42(39)56/h5,8-11,22-24,27,30,32,36,39H,3-4,6-7,12-21,25-26,28H2,1-2H3,(H,47,48,50)(H,49,55,56). The number of carbonyl (C=O) groups excluding carboxylic acids is 2. The lowest BCUT2D eigenvalue weighted by molar-refractivity contribution is -0.134. The van der Waals surface area contributed by atoms with E-state index in [0.29, 0.717) is 46.3 Å². The highest BCUT2D eigenvalue weighted by atomic mass is 35.5. The average molecular weight is 856 g/mol. The Labute approximate surface area is 356 Å². The highest BCUT2D eigenvalue weighted by molar-refractivity contribution is 7.92. The van der Waals surface area contributed by atoms with Gasteiger partial charge in [0.1, 0.15) is 16.7 Å². The maximum Gasteiger partial charge on any atom is 0.271 e. The molecule has 4 aromatic rings. The minimum absolute atomic E-state index is 0.0572. The zero-order valence-electron chi connectivity index (χ0n) is 34.5. The summed E-state index contributed by atoms with van der Waals surface area (Å²) < 4.78 is 29.5. The summed E-state index contributed by atoms with van der Waals surface area (Å²) in [6, 6.07) is 14.9. The molecule has 2 N–H and O–H groups in total. The van der Waals surface area contributed by atoms with Gasteiger partial charge in [0.05, 0.1) is 10.1 Å². The number of nitrogens with zero attached hydrogens (tertiary/aromatic N) is 6. The van der Waals surface area contributed by atoms with Crippen LogP contribution in [0.2, 0.25) is 5.02 Å². The van der Waals surface area contributed by atoms with E-state index in [4.69, 9.17) is 16.6 Å². The third-order valence-corrected chi connectivity index (χ3v) is 16.7. The van der Waals surface area contributed by atoms with Gasteiger partial charge >= 0.3 is 0 Å². The van der Waals surface area contributed by atoms with Crippen LogP contribution in [0.3, 0.4) is 0 Å². The van der Waals surface area contributed by atoms with E-state index in [1.54, 1.807) is 35.0 Å². The Morgan fingerprint density at radius 3 is 2.42 bits per heavy atom. The largest absolute Gasteiger partial charge is 0.371 e. The van der Waals surface area contributed by atoms with Gasteiger partial charge in [-0.15, -0.1) is 0 Å². The van der Waals surface area contributed by atoms with Gasteiger partial charge in [0.15, 0.2) is 9.84 Å². The molecule has 5 aliphatic rings. The molecule has 15 heteroatoms. The van der Waals surface area contributed by atoms with Gasteiger partial charge in [0.25, 0.3) is 5.56 Å². The number of sulfone groups is 1. The van der Waals surface area contributed by atoms with E-state index < -0.39 is 9.84 Å². The Hall–Kier alpha value is -4.53. The molecule has 2 saturated carbocycles. The number of aromatic nitrogens is 3. The lowest BCUT2D eigenvalue weighted by Gasteiger charge is -2.52.